The molecule has 0 saturated carbocycles. The third-order valence-electron chi connectivity index (χ3n) is 5.24. The smallest absolute Gasteiger partial charge is 0.270 e. The van der Waals surface area contributed by atoms with Gasteiger partial charge in [-0.05, 0) is 49.7 Å². The van der Waals surface area contributed by atoms with Crippen LogP contribution < -0.4 is 19.8 Å². The Morgan fingerprint density at radius 1 is 1.03 bits per heavy atom. The minimum Gasteiger partial charge on any atom is -0.495 e. The van der Waals surface area contributed by atoms with Gasteiger partial charge in [0, 0.05) is 30.9 Å². The highest BCUT2D eigenvalue weighted by molar-refractivity contribution is 7.93. The summed E-state index contributed by atoms with van der Waals surface area (Å²) < 4.78 is 34.0. The number of non-ortho nitro benzene ring substituents is 1. The number of anilines is 3. The third-order valence-corrected chi connectivity index (χ3v) is 6.64. The van der Waals surface area contributed by atoms with Gasteiger partial charge < -0.3 is 9.64 Å². The van der Waals surface area contributed by atoms with Crippen molar-refractivity contribution in [3.63, 3.8) is 0 Å². The van der Waals surface area contributed by atoms with Crippen LogP contribution in [0.3, 0.4) is 0 Å². The highest BCUT2D eigenvalue weighted by Crippen LogP contribution is 2.31. The minimum atomic E-state index is -4.23. The summed E-state index contributed by atoms with van der Waals surface area (Å²) in [6.07, 6.45) is 1.54. The lowest BCUT2D eigenvalue weighted by Crippen LogP contribution is -2.21. The molecule has 0 aliphatic heterocycles. The van der Waals surface area contributed by atoms with E-state index < -0.39 is 14.9 Å². The Balaban J connectivity index is 1.88. The second-order valence-corrected chi connectivity index (χ2v) is 9.03. The molecule has 0 spiro atoms. The number of nitro groups is 1. The van der Waals surface area contributed by atoms with E-state index in [0.29, 0.717) is 5.75 Å². The predicted molar refractivity (Wildman–Crippen MR) is 138 cm³/mol. The molecule has 0 amide bonds. The zero-order chi connectivity index (χ0) is 25.4. The average molecular weight is 498 g/mol. The molecule has 0 bridgehead atoms. The van der Waals surface area contributed by atoms with Gasteiger partial charge >= 0.3 is 0 Å². The molecule has 0 atom stereocenters. The molecule has 184 valence electrons. The van der Waals surface area contributed by atoms with Crippen LogP contribution in [0.1, 0.15) is 19.4 Å². The lowest BCUT2D eigenvalue weighted by Gasteiger charge is -2.20. The standard InChI is InChI=1S/C24H27N5O5S/c1-4-28(5-2)19-12-10-18(11-13-19)17-25-26-22-15-14-20(29(30)31)16-24(22)35(32,33)27-21-8-6-7-9-23(21)34-3/h6-17,26-27H,4-5H2,1-3H3. The summed E-state index contributed by atoms with van der Waals surface area (Å²) in [4.78, 5) is 12.5. The van der Waals surface area contributed by atoms with E-state index in [2.05, 4.69) is 34.0 Å². The number of nitro benzene ring substituents is 1. The Bertz CT molecular complexity index is 1310. The van der Waals surface area contributed by atoms with Gasteiger partial charge in [-0.2, -0.15) is 5.10 Å². The van der Waals surface area contributed by atoms with Crippen LogP contribution in [0.5, 0.6) is 5.75 Å². The van der Waals surface area contributed by atoms with Crippen LogP contribution in [-0.2, 0) is 10.0 Å². The minimum absolute atomic E-state index is 0.0778. The SMILES string of the molecule is CCN(CC)c1ccc(C=NNc2ccc([N+](=O)[O-])cc2S(=O)(=O)Nc2ccccc2OC)cc1. The van der Waals surface area contributed by atoms with E-state index in [4.69, 9.17) is 4.74 Å². The van der Waals surface area contributed by atoms with Crippen LogP contribution in [0.2, 0.25) is 0 Å². The number of hydrazone groups is 1. The summed E-state index contributed by atoms with van der Waals surface area (Å²) in [5.41, 5.74) is 4.49. The van der Waals surface area contributed by atoms with Crippen molar-refractivity contribution in [2.45, 2.75) is 18.7 Å². The number of hydrogen-bond acceptors (Lipinski definition) is 8. The molecule has 10 nitrogen and oxygen atoms in total. The summed E-state index contributed by atoms with van der Waals surface area (Å²) in [5, 5.41) is 15.4. The molecule has 0 unspecified atom stereocenters. The van der Waals surface area contributed by atoms with Crippen LogP contribution >= 0.6 is 0 Å². The summed E-state index contributed by atoms with van der Waals surface area (Å²) in [6, 6.07) is 17.7. The maximum atomic E-state index is 13.2. The van der Waals surface area contributed by atoms with E-state index >= 15 is 0 Å². The van der Waals surface area contributed by atoms with Gasteiger partial charge in [-0.1, -0.05) is 24.3 Å². The van der Waals surface area contributed by atoms with Gasteiger partial charge in [0.15, 0.2) is 0 Å². The molecule has 0 heterocycles. The highest BCUT2D eigenvalue weighted by Gasteiger charge is 2.23. The quantitative estimate of drug-likeness (QED) is 0.223. The molecule has 0 aliphatic rings. The first-order chi connectivity index (χ1) is 16.8. The highest BCUT2D eigenvalue weighted by atomic mass is 32.2. The van der Waals surface area contributed by atoms with E-state index in [1.807, 2.05) is 24.3 Å². The Labute approximate surface area is 204 Å². The van der Waals surface area contributed by atoms with Crippen molar-refractivity contribution >= 4 is 39.0 Å². The first-order valence-corrected chi connectivity index (χ1v) is 12.4. The fraction of sp³-hybridized carbons (Fsp3) is 0.208. The van der Waals surface area contributed by atoms with Gasteiger partial charge in [0.25, 0.3) is 15.7 Å². The average Bonchev–Trinajstić information content (AvgIpc) is 2.85. The van der Waals surface area contributed by atoms with Crippen LogP contribution in [-0.4, -0.2) is 39.8 Å². The topological polar surface area (TPSA) is 126 Å². The molecular formula is C24H27N5O5S. The largest absolute Gasteiger partial charge is 0.495 e. The van der Waals surface area contributed by atoms with Gasteiger partial charge in [-0.25, -0.2) is 8.42 Å². The first kappa shape index (κ1) is 25.5. The van der Waals surface area contributed by atoms with Gasteiger partial charge in [-0.3, -0.25) is 20.3 Å². The zero-order valence-electron chi connectivity index (χ0n) is 19.6. The van der Waals surface area contributed by atoms with Crippen LogP contribution in [0.25, 0.3) is 0 Å². The molecule has 3 aromatic carbocycles. The molecule has 0 radical (unpaired) electrons. The van der Waals surface area contributed by atoms with Crippen molar-refractivity contribution in [1.82, 2.24) is 0 Å². The van der Waals surface area contributed by atoms with E-state index in [9.17, 15) is 18.5 Å². The number of sulfonamides is 1. The van der Waals surface area contributed by atoms with Gasteiger partial charge in [0.05, 0.1) is 29.6 Å². The van der Waals surface area contributed by atoms with Crippen molar-refractivity contribution in [1.29, 1.82) is 0 Å². The third kappa shape index (κ3) is 6.27. The maximum absolute atomic E-state index is 13.2. The molecule has 2 N–H and O–H groups in total. The predicted octanol–water partition coefficient (Wildman–Crippen LogP) is 4.70. The molecule has 0 aromatic heterocycles. The summed E-state index contributed by atoms with van der Waals surface area (Å²) in [5.74, 6) is 0.308. The van der Waals surface area contributed by atoms with Crippen molar-refractivity contribution in [3.8, 4) is 5.75 Å². The van der Waals surface area contributed by atoms with Crippen molar-refractivity contribution in [2.24, 2.45) is 5.10 Å². The van der Waals surface area contributed by atoms with Gasteiger partial charge in [0.2, 0.25) is 0 Å². The second-order valence-electron chi connectivity index (χ2n) is 7.38. The second kappa shape index (κ2) is 11.3. The summed E-state index contributed by atoms with van der Waals surface area (Å²) >= 11 is 0. The first-order valence-electron chi connectivity index (χ1n) is 10.9. The monoisotopic (exact) mass is 497 g/mol. The Kier molecular flexibility index (Phi) is 8.26. The van der Waals surface area contributed by atoms with E-state index in [1.54, 1.807) is 18.2 Å². The van der Waals surface area contributed by atoms with E-state index in [-0.39, 0.29) is 22.0 Å². The summed E-state index contributed by atoms with van der Waals surface area (Å²) in [7, 11) is -2.81. The lowest BCUT2D eigenvalue weighted by atomic mass is 10.2. The zero-order valence-corrected chi connectivity index (χ0v) is 20.5. The maximum Gasteiger partial charge on any atom is 0.270 e. The molecule has 35 heavy (non-hydrogen) atoms. The number of methoxy groups -OCH3 is 1. The normalized spacial score (nSPS) is 11.3. The molecule has 0 aliphatic carbocycles. The number of benzene rings is 3. The van der Waals surface area contributed by atoms with E-state index in [0.717, 1.165) is 30.4 Å². The lowest BCUT2D eigenvalue weighted by molar-refractivity contribution is -0.385. The molecule has 0 saturated heterocycles. The number of para-hydroxylation sites is 2. The molecular weight excluding hydrogens is 470 g/mol. The Morgan fingerprint density at radius 3 is 2.34 bits per heavy atom. The van der Waals surface area contributed by atoms with Crippen LogP contribution in [0, 0.1) is 10.1 Å². The summed E-state index contributed by atoms with van der Waals surface area (Å²) in [6.45, 7) is 5.96. The molecule has 3 rings (SSSR count). The van der Waals surface area contributed by atoms with Gasteiger partial charge in [0.1, 0.15) is 10.6 Å². The van der Waals surface area contributed by atoms with Crippen LogP contribution in [0.4, 0.5) is 22.7 Å². The van der Waals surface area contributed by atoms with E-state index in [1.165, 1.54) is 31.5 Å². The number of ether oxygens (including phenoxy) is 1. The Morgan fingerprint density at radius 2 is 1.71 bits per heavy atom. The fourth-order valence-corrected chi connectivity index (χ4v) is 4.65. The van der Waals surface area contributed by atoms with Crippen LogP contribution in [0.15, 0.2) is 76.7 Å². The van der Waals surface area contributed by atoms with Crippen molar-refractivity contribution < 1.29 is 18.1 Å². The molecule has 3 aromatic rings. The fourth-order valence-electron chi connectivity index (χ4n) is 3.40. The number of nitrogens with one attached hydrogen (secondary N) is 2. The van der Waals surface area contributed by atoms with Crippen molar-refractivity contribution in [2.75, 3.05) is 35.2 Å². The Hall–Kier alpha value is -4.12. The number of rotatable bonds is 11. The molecule has 0 fully saturated rings. The van der Waals surface area contributed by atoms with Crippen molar-refractivity contribution in [3.05, 3.63) is 82.4 Å². The number of hydrogen-bond donors (Lipinski definition) is 2. The van der Waals surface area contributed by atoms with Gasteiger partial charge in [-0.15, -0.1) is 0 Å². The molecule has 11 heteroatoms. The number of nitrogens with zero attached hydrogens (tertiary/aromatic N) is 3.